The summed E-state index contributed by atoms with van der Waals surface area (Å²) in [6, 6.07) is 15.0. The lowest BCUT2D eigenvalue weighted by Gasteiger charge is -2.26. The number of benzene rings is 2. The molecule has 0 saturated heterocycles. The molecule has 2 aromatic rings. The summed E-state index contributed by atoms with van der Waals surface area (Å²) in [4.78, 5) is 0. The van der Waals surface area contributed by atoms with Crippen molar-refractivity contribution >= 4 is 11.4 Å². The number of hydrogen-bond acceptors (Lipinski definition) is 2. The molecular formula is C16H19FN2. The number of nitrogen functional groups attached to an aromatic ring is 1. The highest BCUT2D eigenvalue weighted by Crippen LogP contribution is 2.26. The standard InChI is InChI=1S/C16H19FN2/c1-16(2,12-7-4-3-5-8-12)11-19-14-10-6-9-13(17)15(14)18/h3-10,19H,11,18H2,1-2H3. The zero-order chi connectivity index (χ0) is 13.9. The van der Waals surface area contributed by atoms with Crippen LogP contribution in [0.5, 0.6) is 0 Å². The fraction of sp³-hybridized carbons (Fsp3) is 0.250. The number of rotatable bonds is 4. The number of anilines is 2. The summed E-state index contributed by atoms with van der Waals surface area (Å²) < 4.78 is 13.4. The summed E-state index contributed by atoms with van der Waals surface area (Å²) in [5.41, 5.74) is 7.71. The van der Waals surface area contributed by atoms with E-state index in [1.165, 1.54) is 11.6 Å². The van der Waals surface area contributed by atoms with Gasteiger partial charge in [-0.05, 0) is 17.7 Å². The lowest BCUT2D eigenvalue weighted by atomic mass is 9.84. The highest BCUT2D eigenvalue weighted by molar-refractivity contribution is 5.66. The summed E-state index contributed by atoms with van der Waals surface area (Å²) >= 11 is 0. The predicted octanol–water partition coefficient (Wildman–Crippen LogP) is 3.80. The molecule has 0 aliphatic rings. The van der Waals surface area contributed by atoms with E-state index in [9.17, 15) is 4.39 Å². The lowest BCUT2D eigenvalue weighted by molar-refractivity contribution is 0.557. The van der Waals surface area contributed by atoms with Gasteiger partial charge in [-0.15, -0.1) is 0 Å². The summed E-state index contributed by atoms with van der Waals surface area (Å²) in [6.07, 6.45) is 0. The van der Waals surface area contributed by atoms with Gasteiger partial charge in [0.2, 0.25) is 0 Å². The highest BCUT2D eigenvalue weighted by atomic mass is 19.1. The Hall–Kier alpha value is -2.03. The van der Waals surface area contributed by atoms with Crippen molar-refractivity contribution in [3.8, 4) is 0 Å². The third-order valence-corrected chi connectivity index (χ3v) is 3.33. The molecule has 0 bridgehead atoms. The molecule has 0 heterocycles. The van der Waals surface area contributed by atoms with E-state index >= 15 is 0 Å². The van der Waals surface area contributed by atoms with Crippen LogP contribution in [0.2, 0.25) is 0 Å². The molecular weight excluding hydrogens is 239 g/mol. The molecule has 0 fully saturated rings. The predicted molar refractivity (Wildman–Crippen MR) is 78.8 cm³/mol. The average molecular weight is 258 g/mol. The van der Waals surface area contributed by atoms with E-state index in [-0.39, 0.29) is 16.9 Å². The Labute approximate surface area is 113 Å². The van der Waals surface area contributed by atoms with E-state index < -0.39 is 0 Å². The summed E-state index contributed by atoms with van der Waals surface area (Å²) in [5, 5.41) is 3.23. The Kier molecular flexibility index (Phi) is 3.74. The fourth-order valence-electron chi connectivity index (χ4n) is 2.00. The number of hydrogen-bond donors (Lipinski definition) is 2. The molecule has 0 aromatic heterocycles. The molecule has 0 radical (unpaired) electrons. The van der Waals surface area contributed by atoms with Gasteiger partial charge in [-0.25, -0.2) is 4.39 Å². The van der Waals surface area contributed by atoms with E-state index in [1.54, 1.807) is 12.1 Å². The Morgan fingerprint density at radius 3 is 2.42 bits per heavy atom. The molecule has 0 atom stereocenters. The van der Waals surface area contributed by atoms with Gasteiger partial charge in [-0.1, -0.05) is 50.2 Å². The van der Waals surface area contributed by atoms with Crippen molar-refractivity contribution < 1.29 is 4.39 Å². The van der Waals surface area contributed by atoms with E-state index in [1.807, 2.05) is 18.2 Å². The molecule has 0 unspecified atom stereocenters. The van der Waals surface area contributed by atoms with Crippen LogP contribution in [-0.2, 0) is 5.41 Å². The Bertz CT molecular complexity index is 550. The van der Waals surface area contributed by atoms with E-state index in [2.05, 4.69) is 31.3 Å². The summed E-state index contributed by atoms with van der Waals surface area (Å²) in [5.74, 6) is -0.387. The molecule has 2 rings (SSSR count). The smallest absolute Gasteiger partial charge is 0.148 e. The molecule has 0 saturated carbocycles. The first-order chi connectivity index (χ1) is 9.00. The second-order valence-electron chi connectivity index (χ2n) is 5.30. The maximum Gasteiger partial charge on any atom is 0.148 e. The monoisotopic (exact) mass is 258 g/mol. The van der Waals surface area contributed by atoms with Gasteiger partial charge in [0.15, 0.2) is 0 Å². The van der Waals surface area contributed by atoms with Crippen LogP contribution in [-0.4, -0.2) is 6.54 Å². The zero-order valence-corrected chi connectivity index (χ0v) is 11.3. The third kappa shape index (κ3) is 3.05. The topological polar surface area (TPSA) is 38.0 Å². The molecule has 100 valence electrons. The first-order valence-electron chi connectivity index (χ1n) is 6.34. The SMILES string of the molecule is CC(C)(CNc1cccc(F)c1N)c1ccccc1. The third-order valence-electron chi connectivity index (χ3n) is 3.33. The van der Waals surface area contributed by atoms with Crippen molar-refractivity contribution in [1.29, 1.82) is 0 Å². The van der Waals surface area contributed by atoms with Gasteiger partial charge >= 0.3 is 0 Å². The van der Waals surface area contributed by atoms with Crippen LogP contribution >= 0.6 is 0 Å². The van der Waals surface area contributed by atoms with Crippen molar-refractivity contribution in [3.63, 3.8) is 0 Å². The second-order valence-corrected chi connectivity index (χ2v) is 5.30. The first kappa shape index (κ1) is 13.4. The molecule has 0 aliphatic heterocycles. The fourth-order valence-corrected chi connectivity index (χ4v) is 2.00. The minimum absolute atomic E-state index is 0.0555. The normalized spacial score (nSPS) is 11.3. The molecule has 0 spiro atoms. The maximum absolute atomic E-state index is 13.4. The van der Waals surface area contributed by atoms with Crippen molar-refractivity contribution in [3.05, 3.63) is 59.9 Å². The summed E-state index contributed by atoms with van der Waals surface area (Å²) in [6.45, 7) is 4.97. The largest absolute Gasteiger partial charge is 0.395 e. The van der Waals surface area contributed by atoms with Crippen molar-refractivity contribution in [2.45, 2.75) is 19.3 Å². The van der Waals surface area contributed by atoms with Gasteiger partial charge in [0.25, 0.3) is 0 Å². The zero-order valence-electron chi connectivity index (χ0n) is 11.3. The number of nitrogens with two attached hydrogens (primary N) is 1. The van der Waals surface area contributed by atoms with Crippen molar-refractivity contribution in [2.24, 2.45) is 0 Å². The Balaban J connectivity index is 2.12. The van der Waals surface area contributed by atoms with Gasteiger partial charge in [0.1, 0.15) is 5.82 Å². The highest BCUT2D eigenvalue weighted by Gasteiger charge is 2.20. The number of nitrogens with one attached hydrogen (secondary N) is 1. The molecule has 0 amide bonds. The Morgan fingerprint density at radius 1 is 1.05 bits per heavy atom. The van der Waals surface area contributed by atoms with Crippen LogP contribution in [0, 0.1) is 5.82 Å². The van der Waals surface area contributed by atoms with Gasteiger partial charge < -0.3 is 11.1 Å². The minimum atomic E-state index is -0.387. The molecule has 2 nitrogen and oxygen atoms in total. The average Bonchev–Trinajstić information content (AvgIpc) is 2.41. The number of para-hydroxylation sites is 1. The molecule has 3 N–H and O–H groups in total. The molecule has 2 aromatic carbocycles. The van der Waals surface area contributed by atoms with Gasteiger partial charge in [0.05, 0.1) is 11.4 Å². The summed E-state index contributed by atoms with van der Waals surface area (Å²) in [7, 11) is 0. The van der Waals surface area contributed by atoms with Gasteiger partial charge in [-0.3, -0.25) is 0 Å². The van der Waals surface area contributed by atoms with Crippen molar-refractivity contribution in [2.75, 3.05) is 17.6 Å². The quantitative estimate of drug-likeness (QED) is 0.819. The van der Waals surface area contributed by atoms with Crippen LogP contribution in [0.3, 0.4) is 0 Å². The lowest BCUT2D eigenvalue weighted by Crippen LogP contribution is -2.27. The Morgan fingerprint density at radius 2 is 1.74 bits per heavy atom. The van der Waals surface area contributed by atoms with E-state index in [0.29, 0.717) is 12.2 Å². The first-order valence-corrected chi connectivity index (χ1v) is 6.34. The molecule has 19 heavy (non-hydrogen) atoms. The number of halogens is 1. The van der Waals surface area contributed by atoms with Gasteiger partial charge in [0, 0.05) is 12.0 Å². The van der Waals surface area contributed by atoms with Crippen LogP contribution < -0.4 is 11.1 Å². The minimum Gasteiger partial charge on any atom is -0.395 e. The van der Waals surface area contributed by atoms with Crippen LogP contribution in [0.1, 0.15) is 19.4 Å². The molecule has 0 aliphatic carbocycles. The van der Waals surface area contributed by atoms with E-state index in [0.717, 1.165) is 0 Å². The van der Waals surface area contributed by atoms with Crippen LogP contribution in [0.4, 0.5) is 15.8 Å². The van der Waals surface area contributed by atoms with Gasteiger partial charge in [-0.2, -0.15) is 0 Å². The second kappa shape index (κ2) is 5.31. The maximum atomic E-state index is 13.4. The van der Waals surface area contributed by atoms with Crippen LogP contribution in [0.25, 0.3) is 0 Å². The van der Waals surface area contributed by atoms with Crippen LogP contribution in [0.15, 0.2) is 48.5 Å². The van der Waals surface area contributed by atoms with E-state index in [4.69, 9.17) is 5.73 Å². The van der Waals surface area contributed by atoms with Crippen molar-refractivity contribution in [1.82, 2.24) is 0 Å². The molecule has 3 heteroatoms.